The lowest BCUT2D eigenvalue weighted by molar-refractivity contribution is -0.117. The molecule has 0 unspecified atom stereocenters. The van der Waals surface area contributed by atoms with Gasteiger partial charge in [-0.1, -0.05) is 49.4 Å². The van der Waals surface area contributed by atoms with Crippen LogP contribution >= 0.6 is 0 Å². The van der Waals surface area contributed by atoms with Gasteiger partial charge in [-0.2, -0.15) is 0 Å². The van der Waals surface area contributed by atoms with Crippen LogP contribution < -0.4 is 4.74 Å². The lowest BCUT2D eigenvalue weighted by Gasteiger charge is -2.26. The number of ketones is 1. The quantitative estimate of drug-likeness (QED) is 0.781. The minimum Gasteiger partial charge on any atom is -0.489 e. The van der Waals surface area contributed by atoms with Gasteiger partial charge in [-0.3, -0.25) is 9.69 Å². The Morgan fingerprint density at radius 2 is 1.96 bits per heavy atom. The van der Waals surface area contributed by atoms with Crippen molar-refractivity contribution < 1.29 is 9.53 Å². The van der Waals surface area contributed by atoms with E-state index in [0.29, 0.717) is 13.0 Å². The Labute approximate surface area is 143 Å². The first-order valence-electron chi connectivity index (χ1n) is 8.47. The number of likely N-dealkylation sites (N-methyl/N-ethyl adjacent to an activating group) is 1. The molecule has 0 aliphatic carbocycles. The number of piperidine rings is 1. The molecule has 0 saturated carbocycles. The molecular weight excluding hydrogens is 298 g/mol. The van der Waals surface area contributed by atoms with Gasteiger partial charge in [0.25, 0.3) is 0 Å². The third-order valence-electron chi connectivity index (χ3n) is 4.30. The third-order valence-corrected chi connectivity index (χ3v) is 4.30. The molecule has 3 heteroatoms. The molecule has 1 aliphatic rings. The van der Waals surface area contributed by atoms with Crippen molar-refractivity contribution in [3.8, 4) is 5.75 Å². The van der Waals surface area contributed by atoms with E-state index in [2.05, 4.69) is 11.8 Å². The molecule has 1 aliphatic heterocycles. The second kappa shape index (κ2) is 7.93. The summed E-state index contributed by atoms with van der Waals surface area (Å²) in [5.41, 5.74) is 3.05. The van der Waals surface area contributed by atoms with Crippen LogP contribution in [0.5, 0.6) is 5.75 Å². The number of carbonyl (C=O) groups excluding carboxylic acids is 1. The summed E-state index contributed by atoms with van der Waals surface area (Å²) in [6, 6.07) is 18.0. The molecule has 3 nitrogen and oxygen atoms in total. The smallest absolute Gasteiger partial charge is 0.161 e. The fraction of sp³-hybridized carbons (Fsp3) is 0.286. The third kappa shape index (κ3) is 4.33. The van der Waals surface area contributed by atoms with Crippen LogP contribution in [0.15, 0.2) is 60.2 Å². The molecule has 0 amide bonds. The molecule has 24 heavy (non-hydrogen) atoms. The zero-order valence-electron chi connectivity index (χ0n) is 14.1. The summed E-state index contributed by atoms with van der Waals surface area (Å²) in [5.74, 6) is 1.08. The van der Waals surface area contributed by atoms with Gasteiger partial charge in [0, 0.05) is 25.1 Å². The van der Waals surface area contributed by atoms with Crippen LogP contribution in [0, 0.1) is 0 Å². The number of Topliss-reactive ketones (excluding diaryl/α,β-unsaturated/α-hetero) is 1. The SMILES string of the molecule is CCN1CCC(=O)/C(=C/c2cccc(OCc3ccccc3)c2)C1. The molecule has 1 saturated heterocycles. The maximum atomic E-state index is 12.1. The van der Waals surface area contributed by atoms with Crippen LogP contribution in [0.3, 0.4) is 0 Å². The van der Waals surface area contributed by atoms with E-state index in [4.69, 9.17) is 4.74 Å². The Morgan fingerprint density at radius 3 is 2.75 bits per heavy atom. The predicted octanol–water partition coefficient (Wildman–Crippen LogP) is 3.94. The summed E-state index contributed by atoms with van der Waals surface area (Å²) >= 11 is 0. The standard InChI is InChI=1S/C21H23NO2/c1-2-22-12-11-21(23)19(15-22)13-18-9-6-10-20(14-18)24-16-17-7-4-3-5-8-17/h3-10,13-14H,2,11-12,15-16H2,1H3/b19-13+. The van der Waals surface area contributed by atoms with Crippen molar-refractivity contribution in [3.63, 3.8) is 0 Å². The van der Waals surface area contributed by atoms with Crippen molar-refractivity contribution in [2.75, 3.05) is 19.6 Å². The van der Waals surface area contributed by atoms with Crippen LogP contribution in [0.25, 0.3) is 6.08 Å². The number of rotatable bonds is 5. The average molecular weight is 321 g/mol. The number of hydrogen-bond donors (Lipinski definition) is 0. The number of benzene rings is 2. The van der Waals surface area contributed by atoms with Gasteiger partial charge in [0.15, 0.2) is 5.78 Å². The van der Waals surface area contributed by atoms with Crippen molar-refractivity contribution in [1.29, 1.82) is 0 Å². The maximum Gasteiger partial charge on any atom is 0.161 e. The first-order valence-corrected chi connectivity index (χ1v) is 8.47. The largest absolute Gasteiger partial charge is 0.489 e. The number of likely N-dealkylation sites (tertiary alicyclic amines) is 1. The molecule has 3 rings (SSSR count). The monoisotopic (exact) mass is 321 g/mol. The Balaban J connectivity index is 1.70. The lowest BCUT2D eigenvalue weighted by Crippen LogP contribution is -2.35. The van der Waals surface area contributed by atoms with Gasteiger partial charge in [-0.05, 0) is 35.9 Å². The molecule has 0 radical (unpaired) electrons. The minimum absolute atomic E-state index is 0.260. The van der Waals surface area contributed by atoms with E-state index in [0.717, 1.165) is 42.1 Å². The van der Waals surface area contributed by atoms with Crippen LogP contribution in [0.4, 0.5) is 0 Å². The van der Waals surface area contributed by atoms with Crippen LogP contribution in [-0.2, 0) is 11.4 Å². The summed E-state index contributed by atoms with van der Waals surface area (Å²) in [4.78, 5) is 14.4. The highest BCUT2D eigenvalue weighted by molar-refractivity contribution is 6.00. The van der Waals surface area contributed by atoms with E-state index in [1.807, 2.05) is 60.7 Å². The molecule has 0 bridgehead atoms. The topological polar surface area (TPSA) is 29.5 Å². The Kier molecular flexibility index (Phi) is 5.44. The molecular formula is C21H23NO2. The van der Waals surface area contributed by atoms with Crippen LogP contribution in [-0.4, -0.2) is 30.3 Å². The highest BCUT2D eigenvalue weighted by Gasteiger charge is 2.19. The van der Waals surface area contributed by atoms with E-state index in [1.54, 1.807) is 0 Å². The second-order valence-corrected chi connectivity index (χ2v) is 6.06. The summed E-state index contributed by atoms with van der Waals surface area (Å²) in [6.45, 7) is 5.26. The maximum absolute atomic E-state index is 12.1. The van der Waals surface area contributed by atoms with E-state index < -0.39 is 0 Å². The summed E-state index contributed by atoms with van der Waals surface area (Å²) < 4.78 is 5.87. The lowest BCUT2D eigenvalue weighted by atomic mass is 10.0. The van der Waals surface area contributed by atoms with E-state index in [9.17, 15) is 4.79 Å². The van der Waals surface area contributed by atoms with Gasteiger partial charge in [0.1, 0.15) is 12.4 Å². The second-order valence-electron chi connectivity index (χ2n) is 6.06. The highest BCUT2D eigenvalue weighted by Crippen LogP contribution is 2.20. The molecule has 0 aromatic heterocycles. The van der Waals surface area contributed by atoms with Crippen molar-refractivity contribution in [1.82, 2.24) is 4.90 Å². The van der Waals surface area contributed by atoms with Gasteiger partial charge in [-0.25, -0.2) is 0 Å². The normalized spacial score (nSPS) is 17.2. The van der Waals surface area contributed by atoms with Gasteiger partial charge in [-0.15, -0.1) is 0 Å². The Bertz CT molecular complexity index is 722. The number of ether oxygens (including phenoxy) is 1. The minimum atomic E-state index is 0.260. The van der Waals surface area contributed by atoms with Crippen LogP contribution in [0.1, 0.15) is 24.5 Å². The van der Waals surface area contributed by atoms with E-state index >= 15 is 0 Å². The zero-order valence-corrected chi connectivity index (χ0v) is 14.1. The fourth-order valence-corrected chi connectivity index (χ4v) is 2.86. The fourth-order valence-electron chi connectivity index (χ4n) is 2.86. The van der Waals surface area contributed by atoms with Gasteiger partial charge >= 0.3 is 0 Å². The molecule has 2 aromatic rings. The zero-order chi connectivity index (χ0) is 16.8. The Morgan fingerprint density at radius 1 is 1.12 bits per heavy atom. The molecule has 0 atom stereocenters. The predicted molar refractivity (Wildman–Crippen MR) is 96.9 cm³/mol. The summed E-state index contributed by atoms with van der Waals surface area (Å²) in [6.07, 6.45) is 2.61. The average Bonchev–Trinajstić information content (AvgIpc) is 2.63. The van der Waals surface area contributed by atoms with Crippen molar-refractivity contribution in [2.24, 2.45) is 0 Å². The highest BCUT2D eigenvalue weighted by atomic mass is 16.5. The van der Waals surface area contributed by atoms with Crippen molar-refractivity contribution in [2.45, 2.75) is 20.0 Å². The molecule has 0 spiro atoms. The Hall–Kier alpha value is -2.39. The number of nitrogens with zero attached hydrogens (tertiary/aromatic N) is 1. The summed E-state index contributed by atoms with van der Waals surface area (Å²) in [5, 5.41) is 0. The first-order chi connectivity index (χ1) is 11.7. The van der Waals surface area contributed by atoms with E-state index in [-0.39, 0.29) is 5.78 Å². The van der Waals surface area contributed by atoms with Crippen molar-refractivity contribution in [3.05, 3.63) is 71.3 Å². The van der Waals surface area contributed by atoms with Crippen LogP contribution in [0.2, 0.25) is 0 Å². The molecule has 0 N–H and O–H groups in total. The van der Waals surface area contributed by atoms with Crippen molar-refractivity contribution >= 4 is 11.9 Å². The number of hydrogen-bond acceptors (Lipinski definition) is 3. The molecule has 2 aromatic carbocycles. The molecule has 124 valence electrons. The van der Waals surface area contributed by atoms with Gasteiger partial charge < -0.3 is 4.74 Å². The number of carbonyl (C=O) groups is 1. The van der Waals surface area contributed by atoms with E-state index in [1.165, 1.54) is 0 Å². The van der Waals surface area contributed by atoms with Gasteiger partial charge in [0.2, 0.25) is 0 Å². The summed E-state index contributed by atoms with van der Waals surface area (Å²) in [7, 11) is 0. The van der Waals surface area contributed by atoms with Gasteiger partial charge in [0.05, 0.1) is 0 Å². The molecule has 1 fully saturated rings. The first kappa shape index (κ1) is 16.5. The molecule has 1 heterocycles.